The Labute approximate surface area is 118 Å². The molecular weight excluding hydrogens is 255 g/mol. The van der Waals surface area contributed by atoms with Crippen LogP contribution in [0.3, 0.4) is 0 Å². The summed E-state index contributed by atoms with van der Waals surface area (Å²) in [5.41, 5.74) is 0.218. The van der Waals surface area contributed by atoms with Crippen molar-refractivity contribution in [1.29, 1.82) is 0 Å². The maximum absolute atomic E-state index is 14.1. The van der Waals surface area contributed by atoms with E-state index in [1.807, 2.05) is 11.0 Å². The minimum absolute atomic E-state index is 0.183. The number of hydrogen-bond acceptors (Lipinski definition) is 2. The molecule has 20 heavy (non-hydrogen) atoms. The fourth-order valence-corrected chi connectivity index (χ4v) is 3.63. The topological polar surface area (TPSA) is 32.3 Å². The van der Waals surface area contributed by atoms with Crippen LogP contribution >= 0.6 is 0 Å². The lowest BCUT2D eigenvalue weighted by molar-refractivity contribution is -0.135. The summed E-state index contributed by atoms with van der Waals surface area (Å²) in [5.74, 6) is 0.625. The van der Waals surface area contributed by atoms with Gasteiger partial charge < -0.3 is 4.90 Å². The first-order valence-electron chi connectivity index (χ1n) is 7.46. The zero-order chi connectivity index (χ0) is 13.9. The van der Waals surface area contributed by atoms with E-state index in [2.05, 4.69) is 12.2 Å². The summed E-state index contributed by atoms with van der Waals surface area (Å²) in [7, 11) is 0. The van der Waals surface area contributed by atoms with Crippen molar-refractivity contribution in [3.05, 3.63) is 35.6 Å². The molecule has 1 aromatic rings. The van der Waals surface area contributed by atoms with Crippen molar-refractivity contribution < 1.29 is 9.18 Å². The monoisotopic (exact) mass is 274 g/mol. The molecule has 1 heterocycles. The maximum atomic E-state index is 14.1. The molecule has 1 spiro atoms. The fraction of sp³-hybridized carbons (Fsp3) is 0.562. The number of amides is 1. The molecule has 3 nitrogen and oxygen atoms in total. The van der Waals surface area contributed by atoms with Gasteiger partial charge in [0.1, 0.15) is 17.5 Å². The number of carbonyl (C=O) groups excluding carboxylic acids is 1. The second kappa shape index (κ2) is 4.04. The highest BCUT2D eigenvalue weighted by Gasteiger charge is 2.61. The van der Waals surface area contributed by atoms with Crippen molar-refractivity contribution in [2.45, 2.75) is 50.4 Å². The summed E-state index contributed by atoms with van der Waals surface area (Å²) < 4.78 is 14.1. The lowest BCUT2D eigenvalue weighted by atomic mass is 9.80. The SMILES string of the molecule is CC1CC(N2C(=O)C3(CC3)NC2c2ccccc2F)C1. The molecule has 2 saturated carbocycles. The van der Waals surface area contributed by atoms with Crippen LogP contribution in [0.2, 0.25) is 0 Å². The van der Waals surface area contributed by atoms with Crippen molar-refractivity contribution in [3.8, 4) is 0 Å². The number of carbonyl (C=O) groups is 1. The highest BCUT2D eigenvalue weighted by atomic mass is 19.1. The summed E-state index contributed by atoms with van der Waals surface area (Å²) in [4.78, 5) is 14.6. The van der Waals surface area contributed by atoms with Gasteiger partial charge in [-0.2, -0.15) is 0 Å². The molecular formula is C16H19FN2O. The van der Waals surface area contributed by atoms with Crippen LogP contribution in [-0.4, -0.2) is 22.4 Å². The molecule has 1 N–H and O–H groups in total. The molecule has 0 radical (unpaired) electrons. The second-order valence-corrected chi connectivity index (χ2v) is 6.59. The summed E-state index contributed by atoms with van der Waals surface area (Å²) in [6, 6.07) is 7.06. The molecule has 2 aliphatic carbocycles. The molecule has 4 rings (SSSR count). The summed E-state index contributed by atoms with van der Waals surface area (Å²) in [6.07, 6.45) is 3.55. The third-order valence-electron chi connectivity index (χ3n) is 5.03. The van der Waals surface area contributed by atoms with E-state index >= 15 is 0 Å². The zero-order valence-corrected chi connectivity index (χ0v) is 11.6. The van der Waals surface area contributed by atoms with Gasteiger partial charge in [0.05, 0.1) is 0 Å². The van der Waals surface area contributed by atoms with Gasteiger partial charge in [0, 0.05) is 11.6 Å². The number of hydrogen-bond donors (Lipinski definition) is 1. The van der Waals surface area contributed by atoms with E-state index in [1.165, 1.54) is 6.07 Å². The Morgan fingerprint density at radius 2 is 2.00 bits per heavy atom. The predicted octanol–water partition coefficient (Wildman–Crippen LogP) is 2.59. The largest absolute Gasteiger partial charge is 0.318 e. The van der Waals surface area contributed by atoms with Crippen molar-refractivity contribution >= 4 is 5.91 Å². The van der Waals surface area contributed by atoms with Crippen LogP contribution in [0.1, 0.15) is 44.3 Å². The quantitative estimate of drug-likeness (QED) is 0.899. The molecule has 3 aliphatic rings. The van der Waals surface area contributed by atoms with Gasteiger partial charge in [-0.15, -0.1) is 0 Å². The first-order valence-corrected chi connectivity index (χ1v) is 7.46. The van der Waals surface area contributed by atoms with E-state index in [9.17, 15) is 9.18 Å². The molecule has 0 aromatic heterocycles. The Morgan fingerprint density at radius 1 is 1.30 bits per heavy atom. The van der Waals surface area contributed by atoms with Gasteiger partial charge >= 0.3 is 0 Å². The summed E-state index contributed by atoms with van der Waals surface area (Å²) in [5, 5.41) is 3.40. The Hall–Kier alpha value is -1.42. The molecule has 1 aliphatic heterocycles. The predicted molar refractivity (Wildman–Crippen MR) is 73.3 cm³/mol. The van der Waals surface area contributed by atoms with Crippen molar-refractivity contribution in [2.75, 3.05) is 0 Å². The molecule has 1 saturated heterocycles. The number of nitrogens with one attached hydrogen (secondary N) is 1. The summed E-state index contributed by atoms with van der Waals surface area (Å²) >= 11 is 0. The van der Waals surface area contributed by atoms with Crippen LogP contribution in [0, 0.1) is 11.7 Å². The Bertz CT molecular complexity index is 563. The van der Waals surface area contributed by atoms with Crippen LogP contribution < -0.4 is 5.32 Å². The number of rotatable bonds is 2. The van der Waals surface area contributed by atoms with Crippen molar-refractivity contribution in [2.24, 2.45) is 5.92 Å². The highest BCUT2D eigenvalue weighted by Crippen LogP contribution is 2.49. The number of halogens is 1. The standard InChI is InChI=1S/C16H19FN2O/c1-10-8-11(9-10)19-14(12-4-2-3-5-13(12)17)18-16(6-7-16)15(19)20/h2-5,10-11,14,18H,6-9H2,1H3. The van der Waals surface area contributed by atoms with Gasteiger partial charge in [-0.3, -0.25) is 10.1 Å². The lowest BCUT2D eigenvalue weighted by Crippen LogP contribution is -2.47. The van der Waals surface area contributed by atoms with Gasteiger partial charge in [0.2, 0.25) is 5.91 Å². The fourth-order valence-electron chi connectivity index (χ4n) is 3.63. The Balaban J connectivity index is 1.70. The van der Waals surface area contributed by atoms with Crippen LogP contribution in [-0.2, 0) is 4.79 Å². The van der Waals surface area contributed by atoms with Gasteiger partial charge in [0.15, 0.2) is 0 Å². The average molecular weight is 274 g/mol. The highest BCUT2D eigenvalue weighted by molar-refractivity contribution is 5.92. The normalized spacial score (nSPS) is 34.4. The molecule has 3 fully saturated rings. The molecule has 1 unspecified atom stereocenters. The average Bonchev–Trinajstić information content (AvgIpc) is 3.11. The van der Waals surface area contributed by atoms with Gasteiger partial charge in [-0.05, 0) is 37.7 Å². The van der Waals surface area contributed by atoms with Gasteiger partial charge in [-0.25, -0.2) is 4.39 Å². The van der Waals surface area contributed by atoms with Gasteiger partial charge in [-0.1, -0.05) is 25.1 Å². The van der Waals surface area contributed by atoms with Crippen molar-refractivity contribution in [1.82, 2.24) is 10.2 Å². The van der Waals surface area contributed by atoms with Crippen LogP contribution in [0.15, 0.2) is 24.3 Å². The van der Waals surface area contributed by atoms with E-state index in [4.69, 9.17) is 0 Å². The Morgan fingerprint density at radius 3 is 2.60 bits per heavy atom. The first-order chi connectivity index (χ1) is 9.61. The van der Waals surface area contributed by atoms with Crippen molar-refractivity contribution in [3.63, 3.8) is 0 Å². The van der Waals surface area contributed by atoms with E-state index in [-0.39, 0.29) is 29.5 Å². The van der Waals surface area contributed by atoms with E-state index in [0.29, 0.717) is 11.5 Å². The molecule has 0 bridgehead atoms. The molecule has 1 aromatic carbocycles. The number of nitrogens with zero attached hydrogens (tertiary/aromatic N) is 1. The van der Waals surface area contributed by atoms with Crippen LogP contribution in [0.25, 0.3) is 0 Å². The molecule has 1 atom stereocenters. The van der Waals surface area contributed by atoms with Crippen LogP contribution in [0.5, 0.6) is 0 Å². The molecule has 1 amide bonds. The van der Waals surface area contributed by atoms with E-state index < -0.39 is 0 Å². The smallest absolute Gasteiger partial charge is 0.244 e. The van der Waals surface area contributed by atoms with Crippen LogP contribution in [0.4, 0.5) is 4.39 Å². The number of benzene rings is 1. The lowest BCUT2D eigenvalue weighted by Gasteiger charge is -2.42. The maximum Gasteiger partial charge on any atom is 0.244 e. The second-order valence-electron chi connectivity index (χ2n) is 6.59. The zero-order valence-electron chi connectivity index (χ0n) is 11.6. The van der Waals surface area contributed by atoms with Gasteiger partial charge in [0.25, 0.3) is 0 Å². The third kappa shape index (κ3) is 1.64. The summed E-state index contributed by atoms with van der Waals surface area (Å²) in [6.45, 7) is 2.20. The third-order valence-corrected chi connectivity index (χ3v) is 5.03. The first kappa shape index (κ1) is 12.3. The molecule has 4 heteroatoms. The van der Waals surface area contributed by atoms with E-state index in [1.54, 1.807) is 12.1 Å². The molecule has 106 valence electrons. The Kier molecular flexibility index (Phi) is 2.49. The van der Waals surface area contributed by atoms with E-state index in [0.717, 1.165) is 25.7 Å². The minimum Gasteiger partial charge on any atom is -0.318 e. The minimum atomic E-state index is -0.383.